The van der Waals surface area contributed by atoms with Crippen molar-refractivity contribution in [1.29, 1.82) is 5.26 Å². The molecule has 2 aromatic carbocycles. The normalized spacial score (nSPS) is 18.7. The standard InChI is InChI=1S/C36H35F2N9O2/c1-22-8-11-30-28(19-41-44-30)31(22)26-9-10-27-33(32(26)38)42-36(49-21-25-7-5-15-45(25)2)43-34(27)46-16-17-47(24(20-46)12-13-39)35(48)29(37)18-23-6-3-4-14-40-23/h3-4,6,8-11,14,18-19,24-25H,5,7,12,15-17,20-21H2,1-2H3,(H,41,44)/b29-18-/t24-,25-/m0/s1. The van der Waals surface area contributed by atoms with Gasteiger partial charge in [0, 0.05) is 54.3 Å². The molecule has 2 atom stereocenters. The third-order valence-corrected chi connectivity index (χ3v) is 9.48. The van der Waals surface area contributed by atoms with Gasteiger partial charge in [-0.2, -0.15) is 20.3 Å². The molecule has 3 aromatic heterocycles. The second kappa shape index (κ2) is 13.6. The van der Waals surface area contributed by atoms with Crippen LogP contribution in [-0.4, -0.2) is 92.8 Å². The van der Waals surface area contributed by atoms with Gasteiger partial charge in [0.1, 0.15) is 17.9 Å². The Hall–Kier alpha value is -5.48. The summed E-state index contributed by atoms with van der Waals surface area (Å²) in [6, 6.07) is 14.1. The van der Waals surface area contributed by atoms with Gasteiger partial charge >= 0.3 is 6.01 Å². The molecule has 2 aliphatic rings. The molecule has 0 radical (unpaired) electrons. The van der Waals surface area contributed by atoms with E-state index >= 15 is 8.78 Å². The number of carbonyl (C=O) groups excluding carboxylic acids is 1. The summed E-state index contributed by atoms with van der Waals surface area (Å²) in [7, 11) is 2.04. The van der Waals surface area contributed by atoms with E-state index in [4.69, 9.17) is 9.72 Å². The average Bonchev–Trinajstić information content (AvgIpc) is 3.76. The highest BCUT2D eigenvalue weighted by Gasteiger charge is 2.34. The highest BCUT2D eigenvalue weighted by Crippen LogP contribution is 2.38. The number of nitriles is 1. The molecule has 0 aliphatic carbocycles. The number of pyridine rings is 1. The number of fused-ring (bicyclic) bond motifs is 2. The summed E-state index contributed by atoms with van der Waals surface area (Å²) >= 11 is 0. The van der Waals surface area contributed by atoms with Crippen LogP contribution in [0.1, 0.15) is 30.5 Å². The van der Waals surface area contributed by atoms with Crippen LogP contribution in [0.5, 0.6) is 6.01 Å². The first kappa shape index (κ1) is 32.1. The van der Waals surface area contributed by atoms with Crippen molar-refractivity contribution in [3.05, 3.63) is 77.8 Å². The number of halogens is 2. The van der Waals surface area contributed by atoms with E-state index in [1.165, 1.54) is 11.1 Å². The van der Waals surface area contributed by atoms with Crippen LogP contribution in [0, 0.1) is 24.1 Å². The van der Waals surface area contributed by atoms with Gasteiger partial charge in [-0.25, -0.2) is 8.78 Å². The monoisotopic (exact) mass is 663 g/mol. The Morgan fingerprint density at radius 1 is 1.12 bits per heavy atom. The van der Waals surface area contributed by atoms with Gasteiger partial charge in [-0.15, -0.1) is 0 Å². The molecular weight excluding hydrogens is 628 g/mol. The van der Waals surface area contributed by atoms with Crippen LogP contribution in [0.4, 0.5) is 14.6 Å². The zero-order valence-corrected chi connectivity index (χ0v) is 27.2. The summed E-state index contributed by atoms with van der Waals surface area (Å²) in [6.07, 6.45) is 6.29. The Kier molecular flexibility index (Phi) is 8.88. The molecule has 11 nitrogen and oxygen atoms in total. The predicted molar refractivity (Wildman–Crippen MR) is 182 cm³/mol. The Balaban J connectivity index is 1.26. The molecule has 0 bridgehead atoms. The van der Waals surface area contributed by atoms with E-state index in [1.807, 2.05) is 31.0 Å². The molecule has 250 valence electrons. The summed E-state index contributed by atoms with van der Waals surface area (Å²) in [5.74, 6) is -1.89. The lowest BCUT2D eigenvalue weighted by molar-refractivity contribution is -0.131. The fourth-order valence-corrected chi connectivity index (χ4v) is 6.85. The summed E-state index contributed by atoms with van der Waals surface area (Å²) in [6.45, 7) is 3.79. The van der Waals surface area contributed by atoms with Crippen molar-refractivity contribution < 1.29 is 18.3 Å². The first-order valence-corrected chi connectivity index (χ1v) is 16.3. The predicted octanol–water partition coefficient (Wildman–Crippen LogP) is 5.43. The number of nitrogens with zero attached hydrogens (tertiary/aromatic N) is 8. The average molecular weight is 664 g/mol. The molecule has 0 unspecified atom stereocenters. The smallest absolute Gasteiger partial charge is 0.319 e. The summed E-state index contributed by atoms with van der Waals surface area (Å²) in [5.41, 5.74) is 3.16. The van der Waals surface area contributed by atoms with Crippen molar-refractivity contribution in [3.8, 4) is 23.2 Å². The number of benzene rings is 2. The number of aromatic nitrogens is 5. The van der Waals surface area contributed by atoms with Crippen LogP contribution in [0.2, 0.25) is 0 Å². The number of H-pyrrole nitrogens is 1. The largest absolute Gasteiger partial charge is 0.462 e. The number of aryl methyl sites for hydroxylation is 1. The van der Waals surface area contributed by atoms with Crippen LogP contribution in [0.15, 0.2) is 60.7 Å². The third-order valence-electron chi connectivity index (χ3n) is 9.48. The van der Waals surface area contributed by atoms with Gasteiger partial charge in [0.25, 0.3) is 5.91 Å². The second-order valence-corrected chi connectivity index (χ2v) is 12.5. The molecule has 7 rings (SSSR count). The van der Waals surface area contributed by atoms with E-state index in [0.717, 1.165) is 41.9 Å². The minimum atomic E-state index is -0.965. The quantitative estimate of drug-likeness (QED) is 0.216. The Labute approximate surface area is 281 Å². The number of ether oxygens (including phenoxy) is 1. The number of piperazine rings is 1. The number of nitrogens with one attached hydrogen (secondary N) is 1. The Bertz CT molecular complexity index is 2100. The van der Waals surface area contributed by atoms with Gasteiger partial charge in [-0.1, -0.05) is 18.2 Å². The molecule has 1 N–H and O–H groups in total. The molecule has 1 amide bonds. The number of anilines is 1. The first-order valence-electron chi connectivity index (χ1n) is 16.3. The molecule has 49 heavy (non-hydrogen) atoms. The number of hydrogen-bond acceptors (Lipinski definition) is 9. The fourth-order valence-electron chi connectivity index (χ4n) is 6.85. The summed E-state index contributed by atoms with van der Waals surface area (Å²) in [4.78, 5) is 32.2. The highest BCUT2D eigenvalue weighted by molar-refractivity contribution is 6.00. The minimum Gasteiger partial charge on any atom is -0.462 e. The van der Waals surface area contributed by atoms with Crippen molar-refractivity contribution in [3.63, 3.8) is 0 Å². The third kappa shape index (κ3) is 6.27. The van der Waals surface area contributed by atoms with Crippen LogP contribution >= 0.6 is 0 Å². The number of rotatable bonds is 8. The lowest BCUT2D eigenvalue weighted by Gasteiger charge is -2.41. The number of likely N-dealkylation sites (tertiary alicyclic amines) is 1. The van der Waals surface area contributed by atoms with E-state index in [0.29, 0.717) is 34.6 Å². The van der Waals surface area contributed by atoms with E-state index in [2.05, 4.69) is 31.1 Å². The topological polar surface area (TPSA) is 127 Å². The van der Waals surface area contributed by atoms with Gasteiger partial charge in [-0.3, -0.25) is 14.9 Å². The summed E-state index contributed by atoms with van der Waals surface area (Å²) in [5, 5.41) is 18.1. The van der Waals surface area contributed by atoms with Crippen molar-refractivity contribution in [2.45, 2.75) is 38.3 Å². The van der Waals surface area contributed by atoms with Crippen molar-refractivity contribution in [2.75, 3.05) is 44.7 Å². The number of likely N-dealkylation sites (N-methyl/N-ethyl adjacent to an activating group) is 1. The Morgan fingerprint density at radius 2 is 2.00 bits per heavy atom. The van der Waals surface area contributed by atoms with E-state index in [-0.39, 0.29) is 43.6 Å². The van der Waals surface area contributed by atoms with Crippen LogP contribution in [0.3, 0.4) is 0 Å². The van der Waals surface area contributed by atoms with Crippen LogP contribution < -0.4 is 9.64 Å². The number of carbonyl (C=O) groups is 1. The minimum absolute atomic E-state index is 0.0357. The molecular formula is C36H35F2N9O2. The maximum atomic E-state index is 16.8. The van der Waals surface area contributed by atoms with Crippen molar-refractivity contribution >= 4 is 39.6 Å². The van der Waals surface area contributed by atoms with Crippen molar-refractivity contribution in [1.82, 2.24) is 34.9 Å². The van der Waals surface area contributed by atoms with Gasteiger partial charge in [0.15, 0.2) is 11.6 Å². The molecule has 0 saturated carbocycles. The van der Waals surface area contributed by atoms with Crippen LogP contribution in [-0.2, 0) is 4.79 Å². The van der Waals surface area contributed by atoms with Gasteiger partial charge in [-0.05, 0) is 68.8 Å². The maximum absolute atomic E-state index is 16.8. The fraction of sp³-hybridized carbons (Fsp3) is 0.333. The maximum Gasteiger partial charge on any atom is 0.319 e. The van der Waals surface area contributed by atoms with Crippen LogP contribution in [0.25, 0.3) is 39.0 Å². The molecule has 2 saturated heterocycles. The zero-order chi connectivity index (χ0) is 34.1. The van der Waals surface area contributed by atoms with Gasteiger partial charge in [0.05, 0.1) is 35.9 Å². The zero-order valence-electron chi connectivity index (χ0n) is 27.2. The number of amides is 1. The van der Waals surface area contributed by atoms with Crippen molar-refractivity contribution in [2.24, 2.45) is 0 Å². The summed E-state index contributed by atoms with van der Waals surface area (Å²) < 4.78 is 38.1. The molecule has 0 spiro atoms. The van der Waals surface area contributed by atoms with E-state index < -0.39 is 23.6 Å². The number of hydrogen-bond donors (Lipinski definition) is 1. The SMILES string of the molecule is Cc1ccc2[nH]ncc2c1-c1ccc2c(N3CCN(C(=O)/C(F)=C/c4ccccn4)[C@@H](CC#N)C3)nc(OC[C@@H]3CCCN3C)nc2c1F. The first-order chi connectivity index (χ1) is 23.8. The lowest BCUT2D eigenvalue weighted by Crippen LogP contribution is -2.55. The Morgan fingerprint density at radius 3 is 2.78 bits per heavy atom. The van der Waals surface area contributed by atoms with Gasteiger partial charge in [0.2, 0.25) is 0 Å². The second-order valence-electron chi connectivity index (χ2n) is 12.5. The van der Waals surface area contributed by atoms with E-state index in [1.54, 1.807) is 36.5 Å². The molecule has 5 heterocycles. The molecule has 5 aromatic rings. The lowest BCUT2D eigenvalue weighted by atomic mass is 9.95. The highest BCUT2D eigenvalue weighted by atomic mass is 19.1. The molecule has 2 aliphatic heterocycles. The van der Waals surface area contributed by atoms with E-state index in [9.17, 15) is 10.1 Å². The molecule has 2 fully saturated rings. The van der Waals surface area contributed by atoms with Gasteiger partial charge < -0.3 is 19.4 Å². The number of aromatic amines is 1. The molecule has 13 heteroatoms.